The molecule has 0 spiro atoms. The average molecular weight is 900 g/mol. The molecule has 2 heterocycles. The number of nitrogens with one attached hydrogen (secondary N) is 8. The van der Waals surface area contributed by atoms with E-state index in [2.05, 4.69) is 37.2 Å². The van der Waals surface area contributed by atoms with Gasteiger partial charge in [-0.1, -0.05) is 0 Å². The Labute approximate surface area is 360 Å². The van der Waals surface area contributed by atoms with Crippen molar-refractivity contribution in [3.8, 4) is 0 Å². The third kappa shape index (κ3) is 17.8. The van der Waals surface area contributed by atoms with E-state index in [0.717, 1.165) is 13.3 Å². The number of amides is 8. The molecule has 0 unspecified atom stereocenters. The number of aliphatic hydroxyl groups excluding tert-OH is 1. The first-order valence-electron chi connectivity index (χ1n) is 20.2. The number of aliphatic hydroxyl groups is 1. The quantitative estimate of drug-likeness (QED) is 0.0386. The fraction of sp³-hybridized carbons (Fsp3) is 0.676. The summed E-state index contributed by atoms with van der Waals surface area (Å²) in [5.41, 5.74) is 0. The zero-order valence-electron chi connectivity index (χ0n) is 35.0. The van der Waals surface area contributed by atoms with Crippen LogP contribution in [0.4, 0.5) is 0 Å². The number of carbonyl (C=O) groups excluding carboxylic acids is 8. The number of rotatable bonds is 26. The largest absolute Gasteiger partial charge is 0.481 e. The summed E-state index contributed by atoms with van der Waals surface area (Å²) >= 11 is 0. The van der Waals surface area contributed by atoms with Crippen LogP contribution in [0.15, 0.2) is 0 Å². The zero-order chi connectivity index (χ0) is 47.6. The molecule has 26 nitrogen and oxygen atoms in total. The smallest absolute Gasteiger partial charge is 0.322 e. The SMILES string of the molecule is C[C@H](NC(=O)[C@@H]1CCCN1C(=O)[C@H](C)NC(=O)[C@H](CCC(=O)O)NC(=O)[C@@H]1CCCN1)C(=O)N[C@H](C(=O)N[C@@H](CCC(=O)O)C(=O)N[C@@H](CCC(=O)O)C(=O)NCC(=O)O)[C@@H](C)O. The first-order chi connectivity index (χ1) is 29.5. The van der Waals surface area contributed by atoms with Gasteiger partial charge >= 0.3 is 23.9 Å². The molecular formula is C37H57N9O17. The van der Waals surface area contributed by atoms with Gasteiger partial charge < -0.3 is 73.0 Å². The Bertz CT molecular complexity index is 1740. The summed E-state index contributed by atoms with van der Waals surface area (Å²) in [6.07, 6.45) is -3.13. The Kier molecular flexibility index (Phi) is 21.3. The van der Waals surface area contributed by atoms with Crippen LogP contribution in [0.5, 0.6) is 0 Å². The Balaban J connectivity index is 2.11. The first-order valence-corrected chi connectivity index (χ1v) is 20.2. The van der Waals surface area contributed by atoms with Gasteiger partial charge in [0.15, 0.2) is 0 Å². The summed E-state index contributed by atoms with van der Waals surface area (Å²) in [5.74, 6) is -12.8. The Morgan fingerprint density at radius 3 is 1.60 bits per heavy atom. The zero-order valence-corrected chi connectivity index (χ0v) is 35.0. The van der Waals surface area contributed by atoms with Crippen molar-refractivity contribution in [1.82, 2.24) is 47.4 Å². The molecule has 2 saturated heterocycles. The number of hydrogen-bond acceptors (Lipinski definition) is 14. The number of carboxylic acids is 4. The van der Waals surface area contributed by atoms with Gasteiger partial charge in [-0.15, -0.1) is 0 Å². The highest BCUT2D eigenvalue weighted by Gasteiger charge is 2.39. The van der Waals surface area contributed by atoms with E-state index >= 15 is 0 Å². The number of nitrogens with zero attached hydrogens (tertiary/aromatic N) is 1. The molecule has 0 aromatic rings. The molecule has 0 saturated carbocycles. The van der Waals surface area contributed by atoms with Gasteiger partial charge in [0.1, 0.15) is 48.8 Å². The van der Waals surface area contributed by atoms with Gasteiger partial charge in [-0.3, -0.25) is 57.5 Å². The van der Waals surface area contributed by atoms with Crippen molar-refractivity contribution < 1.29 is 83.1 Å². The molecule has 2 fully saturated rings. The van der Waals surface area contributed by atoms with Crippen LogP contribution in [0.25, 0.3) is 0 Å². The standard InChI is InChI=1S/C37H57N9O17/c1-17(40-35(61)24-7-5-15-46(24)37(63)18(2)41-33(59)22(9-12-26(50)51)43-32(58)20-6-4-14-38-20)30(56)45-29(19(3)47)36(62)44-23(10-13-27(52)53)34(60)42-21(8-11-25(48)49)31(57)39-16-28(54)55/h17-24,29,38,47H,4-16H2,1-3H3,(H,39,57)(H,40,61)(H,41,59)(H,42,60)(H,43,58)(H,44,62)(H,45,56)(H,48,49)(H,50,51)(H,52,53)(H,54,55)/t17-,18-,19+,20-,21-,22-,23-,24-,29-/m0/s1. The van der Waals surface area contributed by atoms with Gasteiger partial charge in [-0.2, -0.15) is 0 Å². The van der Waals surface area contributed by atoms with Gasteiger partial charge in [0.2, 0.25) is 47.3 Å². The maximum Gasteiger partial charge on any atom is 0.322 e. The Morgan fingerprint density at radius 1 is 0.571 bits per heavy atom. The lowest BCUT2D eigenvalue weighted by Crippen LogP contribution is -2.61. The van der Waals surface area contributed by atoms with E-state index in [-0.39, 0.29) is 19.4 Å². The molecule has 63 heavy (non-hydrogen) atoms. The fourth-order valence-corrected chi connectivity index (χ4v) is 6.60. The van der Waals surface area contributed by atoms with Crippen LogP contribution in [-0.4, -0.2) is 176 Å². The molecule has 0 aromatic heterocycles. The molecule has 0 aliphatic carbocycles. The van der Waals surface area contributed by atoms with Gasteiger partial charge in [-0.25, -0.2) is 0 Å². The number of likely N-dealkylation sites (tertiary alicyclic amines) is 1. The highest BCUT2D eigenvalue weighted by molar-refractivity contribution is 5.98. The highest BCUT2D eigenvalue weighted by atomic mass is 16.4. The first kappa shape index (κ1) is 52.7. The van der Waals surface area contributed by atoms with Crippen LogP contribution >= 0.6 is 0 Å². The van der Waals surface area contributed by atoms with E-state index in [1.54, 1.807) is 0 Å². The number of carbonyl (C=O) groups is 12. The third-order valence-corrected chi connectivity index (χ3v) is 10.0. The van der Waals surface area contributed by atoms with Crippen LogP contribution in [-0.2, 0) is 57.5 Å². The lowest BCUT2D eigenvalue weighted by Gasteiger charge is -2.29. The van der Waals surface area contributed by atoms with E-state index in [9.17, 15) is 67.7 Å². The second kappa shape index (κ2) is 25.5. The van der Waals surface area contributed by atoms with Gasteiger partial charge in [-0.05, 0) is 72.3 Å². The lowest BCUT2D eigenvalue weighted by atomic mass is 10.1. The Hall–Kier alpha value is -6.44. The molecule has 13 N–H and O–H groups in total. The molecule has 2 rings (SSSR count). The molecule has 9 atom stereocenters. The predicted molar refractivity (Wildman–Crippen MR) is 212 cm³/mol. The van der Waals surface area contributed by atoms with Crippen molar-refractivity contribution in [2.75, 3.05) is 19.6 Å². The van der Waals surface area contributed by atoms with Crippen LogP contribution in [0.2, 0.25) is 0 Å². The summed E-state index contributed by atoms with van der Waals surface area (Å²) in [5, 5.41) is 65.7. The second-order valence-electron chi connectivity index (χ2n) is 15.1. The number of carboxylic acid groups (broad SMARTS) is 4. The fourth-order valence-electron chi connectivity index (χ4n) is 6.60. The molecule has 0 radical (unpaired) electrons. The molecule has 352 valence electrons. The number of aliphatic carboxylic acids is 4. The topological polar surface area (TPSA) is 405 Å². The summed E-state index contributed by atoms with van der Waals surface area (Å²) in [7, 11) is 0. The van der Waals surface area contributed by atoms with Crippen molar-refractivity contribution in [2.24, 2.45) is 0 Å². The van der Waals surface area contributed by atoms with Gasteiger partial charge in [0.25, 0.3) is 0 Å². The normalized spacial score (nSPS) is 19.0. The highest BCUT2D eigenvalue weighted by Crippen LogP contribution is 2.19. The van der Waals surface area contributed by atoms with Crippen LogP contribution in [0.3, 0.4) is 0 Å². The molecule has 8 amide bonds. The van der Waals surface area contributed by atoms with Crippen molar-refractivity contribution in [3.05, 3.63) is 0 Å². The van der Waals surface area contributed by atoms with Crippen molar-refractivity contribution in [3.63, 3.8) is 0 Å². The minimum absolute atomic E-state index is 0.0818. The van der Waals surface area contributed by atoms with Crippen LogP contribution < -0.4 is 42.5 Å². The monoisotopic (exact) mass is 899 g/mol. The van der Waals surface area contributed by atoms with E-state index < -0.39 is 164 Å². The molecular weight excluding hydrogens is 842 g/mol. The van der Waals surface area contributed by atoms with Crippen molar-refractivity contribution in [1.29, 1.82) is 0 Å². The minimum Gasteiger partial charge on any atom is -0.481 e. The molecule has 2 aliphatic heterocycles. The van der Waals surface area contributed by atoms with E-state index in [0.29, 0.717) is 19.4 Å². The number of hydrogen-bond donors (Lipinski definition) is 13. The average Bonchev–Trinajstić information content (AvgIpc) is 3.93. The molecule has 0 aromatic carbocycles. The van der Waals surface area contributed by atoms with E-state index in [1.165, 1.54) is 18.7 Å². The third-order valence-electron chi connectivity index (χ3n) is 10.0. The van der Waals surface area contributed by atoms with E-state index in [1.807, 2.05) is 5.32 Å². The van der Waals surface area contributed by atoms with E-state index in [4.69, 9.17) is 15.3 Å². The minimum atomic E-state index is -1.83. The van der Waals surface area contributed by atoms with Crippen LogP contribution in [0, 0.1) is 0 Å². The summed E-state index contributed by atoms with van der Waals surface area (Å²) in [6, 6.07) is -10.8. The molecule has 2 aliphatic rings. The van der Waals surface area contributed by atoms with Gasteiger partial charge in [0.05, 0.1) is 12.1 Å². The van der Waals surface area contributed by atoms with Crippen LogP contribution in [0.1, 0.15) is 85.0 Å². The van der Waals surface area contributed by atoms with Crippen molar-refractivity contribution >= 4 is 71.1 Å². The second-order valence-corrected chi connectivity index (χ2v) is 15.1. The summed E-state index contributed by atoms with van der Waals surface area (Å²) in [6.45, 7) is 3.44. The summed E-state index contributed by atoms with van der Waals surface area (Å²) < 4.78 is 0. The summed E-state index contributed by atoms with van der Waals surface area (Å²) in [4.78, 5) is 151. The Morgan fingerprint density at radius 2 is 1.10 bits per heavy atom. The predicted octanol–water partition coefficient (Wildman–Crippen LogP) is -5.15. The van der Waals surface area contributed by atoms with Gasteiger partial charge in [0, 0.05) is 25.8 Å². The van der Waals surface area contributed by atoms with Crippen molar-refractivity contribution in [2.45, 2.75) is 139 Å². The lowest BCUT2D eigenvalue weighted by molar-refractivity contribution is -0.142. The maximum absolute atomic E-state index is 13.5. The maximum atomic E-state index is 13.5. The molecule has 26 heteroatoms. The molecule has 0 bridgehead atoms.